The molecule has 0 radical (unpaired) electrons. The van der Waals surface area contributed by atoms with Crippen molar-refractivity contribution in [3.8, 4) is 0 Å². The van der Waals surface area contributed by atoms with Crippen molar-refractivity contribution < 1.29 is 0 Å². The molecule has 15 heavy (non-hydrogen) atoms. The molecule has 0 aliphatic heterocycles. The molecule has 0 saturated carbocycles. The van der Waals surface area contributed by atoms with E-state index in [2.05, 4.69) is 34.3 Å². The van der Waals surface area contributed by atoms with Gasteiger partial charge in [0, 0.05) is 0 Å². The van der Waals surface area contributed by atoms with Gasteiger partial charge in [-0.1, -0.05) is 72.0 Å². The Labute approximate surface area is 97.2 Å². The Bertz CT molecular complexity index is 157. The van der Waals surface area contributed by atoms with Gasteiger partial charge >= 0.3 is 0 Å². The molecule has 0 heterocycles. The van der Waals surface area contributed by atoms with Crippen LogP contribution in [0.15, 0.2) is 12.2 Å². The van der Waals surface area contributed by atoms with E-state index >= 15 is 0 Å². The van der Waals surface area contributed by atoms with Crippen molar-refractivity contribution in [1.29, 1.82) is 0 Å². The fourth-order valence-electron chi connectivity index (χ4n) is 2.11. The van der Waals surface area contributed by atoms with Crippen molar-refractivity contribution in [2.24, 2.45) is 11.8 Å². The topological polar surface area (TPSA) is 0 Å². The zero-order chi connectivity index (χ0) is 11.7. The molecule has 0 aromatic heterocycles. The number of hydrogen-bond acceptors (Lipinski definition) is 0. The lowest BCUT2D eigenvalue weighted by atomic mass is 9.84. The van der Waals surface area contributed by atoms with Gasteiger partial charge in [-0.25, -0.2) is 0 Å². The first kappa shape index (κ1) is 14.7. The molecule has 0 aromatic rings. The van der Waals surface area contributed by atoms with E-state index in [4.69, 9.17) is 0 Å². The lowest BCUT2D eigenvalue weighted by Crippen LogP contribution is -2.10. The van der Waals surface area contributed by atoms with Gasteiger partial charge in [0.2, 0.25) is 0 Å². The summed E-state index contributed by atoms with van der Waals surface area (Å²) in [5.41, 5.74) is 1.48. The molecule has 0 aliphatic rings. The van der Waals surface area contributed by atoms with Crippen LogP contribution < -0.4 is 0 Å². The fourth-order valence-corrected chi connectivity index (χ4v) is 2.11. The quantitative estimate of drug-likeness (QED) is 0.344. The molecule has 0 bridgehead atoms. The van der Waals surface area contributed by atoms with Gasteiger partial charge in [-0.3, -0.25) is 0 Å². The maximum Gasteiger partial charge on any atom is -0.0209 e. The molecule has 0 heteroatoms. The molecule has 0 fully saturated rings. The SMILES string of the molecule is C=C(CCCCCC)C(C)C(C)CCC. The number of hydrogen-bond donors (Lipinski definition) is 0. The third-order valence-corrected chi connectivity index (χ3v) is 3.59. The first-order valence-corrected chi connectivity index (χ1v) is 6.81. The second kappa shape index (κ2) is 9.00. The number of allylic oxidation sites excluding steroid dienone is 1. The van der Waals surface area contributed by atoms with Gasteiger partial charge < -0.3 is 0 Å². The average Bonchev–Trinajstić information content (AvgIpc) is 2.23. The Morgan fingerprint density at radius 1 is 1.00 bits per heavy atom. The Morgan fingerprint density at radius 3 is 2.20 bits per heavy atom. The van der Waals surface area contributed by atoms with Crippen LogP contribution in [0.5, 0.6) is 0 Å². The fraction of sp³-hybridized carbons (Fsp3) is 0.867. The van der Waals surface area contributed by atoms with Crippen molar-refractivity contribution in [3.05, 3.63) is 12.2 Å². The summed E-state index contributed by atoms with van der Waals surface area (Å²) in [6.07, 6.45) is 9.32. The van der Waals surface area contributed by atoms with Crippen LogP contribution in [0.4, 0.5) is 0 Å². The second-order valence-electron chi connectivity index (χ2n) is 5.02. The Morgan fingerprint density at radius 2 is 1.67 bits per heavy atom. The summed E-state index contributed by atoms with van der Waals surface area (Å²) in [6, 6.07) is 0. The minimum atomic E-state index is 0.714. The van der Waals surface area contributed by atoms with E-state index in [1.54, 1.807) is 0 Å². The first-order chi connectivity index (χ1) is 7.13. The minimum Gasteiger partial charge on any atom is -0.0996 e. The first-order valence-electron chi connectivity index (χ1n) is 6.81. The van der Waals surface area contributed by atoms with E-state index in [1.165, 1.54) is 50.5 Å². The highest BCUT2D eigenvalue weighted by molar-refractivity contribution is 5.00. The van der Waals surface area contributed by atoms with Gasteiger partial charge in [-0.2, -0.15) is 0 Å². The molecular weight excluding hydrogens is 180 g/mol. The average molecular weight is 210 g/mol. The standard InChI is InChI=1S/C15H30/c1-6-8-9-10-12-14(4)15(5)13(3)11-7-2/h13,15H,4,6-12H2,1-3,5H3. The molecule has 2 atom stereocenters. The van der Waals surface area contributed by atoms with E-state index in [-0.39, 0.29) is 0 Å². The normalized spacial score (nSPS) is 14.9. The third kappa shape index (κ3) is 6.76. The van der Waals surface area contributed by atoms with Crippen molar-refractivity contribution in [2.75, 3.05) is 0 Å². The summed E-state index contributed by atoms with van der Waals surface area (Å²) < 4.78 is 0. The minimum absolute atomic E-state index is 0.714. The van der Waals surface area contributed by atoms with Crippen LogP contribution in [-0.4, -0.2) is 0 Å². The predicted octanol–water partition coefficient (Wildman–Crippen LogP) is 5.59. The molecule has 0 nitrogen and oxygen atoms in total. The monoisotopic (exact) mass is 210 g/mol. The summed E-state index contributed by atoms with van der Waals surface area (Å²) in [5.74, 6) is 1.53. The van der Waals surface area contributed by atoms with Crippen LogP contribution in [0, 0.1) is 11.8 Å². The molecule has 90 valence electrons. The molecule has 2 unspecified atom stereocenters. The molecule has 0 saturated heterocycles. The lowest BCUT2D eigenvalue weighted by molar-refractivity contribution is 0.396. The maximum atomic E-state index is 4.26. The van der Waals surface area contributed by atoms with Crippen molar-refractivity contribution in [2.45, 2.75) is 72.6 Å². The van der Waals surface area contributed by atoms with Gasteiger partial charge in [0.15, 0.2) is 0 Å². The summed E-state index contributed by atoms with van der Waals surface area (Å²) >= 11 is 0. The largest absolute Gasteiger partial charge is 0.0996 e. The summed E-state index contributed by atoms with van der Waals surface area (Å²) in [7, 11) is 0. The molecular formula is C15H30. The van der Waals surface area contributed by atoms with Crippen molar-refractivity contribution in [1.82, 2.24) is 0 Å². The Kier molecular flexibility index (Phi) is 8.85. The van der Waals surface area contributed by atoms with E-state index in [0.29, 0.717) is 5.92 Å². The highest BCUT2D eigenvalue weighted by Crippen LogP contribution is 2.26. The van der Waals surface area contributed by atoms with Crippen LogP contribution in [-0.2, 0) is 0 Å². The molecule has 0 spiro atoms. The summed E-state index contributed by atoms with van der Waals surface area (Å²) in [4.78, 5) is 0. The van der Waals surface area contributed by atoms with Gasteiger partial charge in [0.25, 0.3) is 0 Å². The van der Waals surface area contributed by atoms with Crippen molar-refractivity contribution in [3.63, 3.8) is 0 Å². The number of rotatable bonds is 9. The van der Waals surface area contributed by atoms with Gasteiger partial charge in [-0.15, -0.1) is 0 Å². The van der Waals surface area contributed by atoms with Gasteiger partial charge in [0.05, 0.1) is 0 Å². The summed E-state index contributed by atoms with van der Waals surface area (Å²) in [5, 5.41) is 0. The van der Waals surface area contributed by atoms with E-state index in [0.717, 1.165) is 5.92 Å². The van der Waals surface area contributed by atoms with Crippen LogP contribution in [0.3, 0.4) is 0 Å². The smallest absolute Gasteiger partial charge is 0.0209 e. The van der Waals surface area contributed by atoms with E-state index < -0.39 is 0 Å². The molecule has 0 aliphatic carbocycles. The summed E-state index contributed by atoms with van der Waals surface area (Å²) in [6.45, 7) is 13.5. The highest BCUT2D eigenvalue weighted by atomic mass is 14.2. The molecule has 0 N–H and O–H groups in total. The Hall–Kier alpha value is -0.260. The molecule has 0 rings (SSSR count). The molecule has 0 aromatic carbocycles. The van der Waals surface area contributed by atoms with Crippen LogP contribution >= 0.6 is 0 Å². The molecule has 0 amide bonds. The highest BCUT2D eigenvalue weighted by Gasteiger charge is 2.13. The van der Waals surface area contributed by atoms with Crippen LogP contribution in [0.25, 0.3) is 0 Å². The second-order valence-corrected chi connectivity index (χ2v) is 5.02. The predicted molar refractivity (Wildman–Crippen MR) is 71.1 cm³/mol. The van der Waals surface area contributed by atoms with Gasteiger partial charge in [0.1, 0.15) is 0 Å². The van der Waals surface area contributed by atoms with Crippen molar-refractivity contribution >= 4 is 0 Å². The zero-order valence-electron chi connectivity index (χ0n) is 11.3. The Balaban J connectivity index is 3.68. The number of unbranched alkanes of at least 4 members (excludes halogenated alkanes) is 3. The van der Waals surface area contributed by atoms with E-state index in [9.17, 15) is 0 Å². The zero-order valence-corrected chi connectivity index (χ0v) is 11.3. The third-order valence-electron chi connectivity index (χ3n) is 3.59. The van der Waals surface area contributed by atoms with Crippen LogP contribution in [0.2, 0.25) is 0 Å². The lowest BCUT2D eigenvalue weighted by Gasteiger charge is -2.21. The van der Waals surface area contributed by atoms with Gasteiger partial charge in [-0.05, 0) is 24.7 Å². The van der Waals surface area contributed by atoms with Crippen LogP contribution in [0.1, 0.15) is 72.6 Å². The van der Waals surface area contributed by atoms with E-state index in [1.807, 2.05) is 0 Å². The maximum absolute atomic E-state index is 4.26.